The SMILES string of the molecule is CCC(N)C(c1ccccn1)N1CCOC2CCCC21. The highest BCUT2D eigenvalue weighted by atomic mass is 16.5. The molecule has 0 amide bonds. The molecule has 1 aliphatic carbocycles. The van der Waals surface area contributed by atoms with Crippen LogP contribution in [-0.2, 0) is 4.74 Å². The second-order valence-electron chi connectivity index (χ2n) is 5.92. The molecular formula is C16H25N3O. The summed E-state index contributed by atoms with van der Waals surface area (Å²) in [4.78, 5) is 7.14. The molecule has 2 fully saturated rings. The average molecular weight is 275 g/mol. The van der Waals surface area contributed by atoms with Gasteiger partial charge in [0.05, 0.1) is 24.4 Å². The fraction of sp³-hybridized carbons (Fsp3) is 0.688. The highest BCUT2D eigenvalue weighted by Gasteiger charge is 2.41. The van der Waals surface area contributed by atoms with Crippen LogP contribution in [0, 0.1) is 0 Å². The van der Waals surface area contributed by atoms with Crippen LogP contribution in [0.25, 0.3) is 0 Å². The third kappa shape index (κ3) is 2.60. The van der Waals surface area contributed by atoms with E-state index in [1.165, 1.54) is 19.3 Å². The molecule has 20 heavy (non-hydrogen) atoms. The van der Waals surface area contributed by atoms with Gasteiger partial charge in [-0.25, -0.2) is 0 Å². The molecule has 1 aromatic rings. The summed E-state index contributed by atoms with van der Waals surface area (Å²) in [6.45, 7) is 3.95. The van der Waals surface area contributed by atoms with Gasteiger partial charge >= 0.3 is 0 Å². The van der Waals surface area contributed by atoms with Crippen LogP contribution in [0.15, 0.2) is 24.4 Å². The molecule has 1 saturated heterocycles. The molecule has 110 valence electrons. The van der Waals surface area contributed by atoms with Crippen molar-refractivity contribution in [1.82, 2.24) is 9.88 Å². The first-order chi connectivity index (χ1) is 9.81. The first-order valence-corrected chi connectivity index (χ1v) is 7.85. The van der Waals surface area contributed by atoms with Crippen LogP contribution in [0.4, 0.5) is 0 Å². The van der Waals surface area contributed by atoms with Crippen LogP contribution in [0.5, 0.6) is 0 Å². The van der Waals surface area contributed by atoms with Crippen molar-refractivity contribution in [2.45, 2.75) is 56.8 Å². The summed E-state index contributed by atoms with van der Waals surface area (Å²) >= 11 is 0. The van der Waals surface area contributed by atoms with Crippen LogP contribution in [0.1, 0.15) is 44.3 Å². The van der Waals surface area contributed by atoms with Gasteiger partial charge in [-0.1, -0.05) is 13.0 Å². The Hall–Kier alpha value is -0.970. The summed E-state index contributed by atoms with van der Waals surface area (Å²) in [6.07, 6.45) is 6.93. The zero-order chi connectivity index (χ0) is 13.9. The Morgan fingerprint density at radius 2 is 2.35 bits per heavy atom. The molecule has 0 bridgehead atoms. The molecule has 4 atom stereocenters. The lowest BCUT2D eigenvalue weighted by Gasteiger charge is -2.44. The highest BCUT2D eigenvalue weighted by molar-refractivity contribution is 5.13. The quantitative estimate of drug-likeness (QED) is 0.914. The van der Waals surface area contributed by atoms with E-state index < -0.39 is 0 Å². The molecule has 1 saturated carbocycles. The largest absolute Gasteiger partial charge is 0.375 e. The Labute approximate surface area is 121 Å². The second-order valence-corrected chi connectivity index (χ2v) is 5.92. The Balaban J connectivity index is 1.88. The summed E-state index contributed by atoms with van der Waals surface area (Å²) in [5.41, 5.74) is 7.55. The fourth-order valence-electron chi connectivity index (χ4n) is 3.71. The zero-order valence-corrected chi connectivity index (χ0v) is 12.2. The molecule has 4 nitrogen and oxygen atoms in total. The monoisotopic (exact) mass is 275 g/mol. The number of fused-ring (bicyclic) bond motifs is 1. The number of rotatable bonds is 4. The van der Waals surface area contributed by atoms with Gasteiger partial charge in [0.25, 0.3) is 0 Å². The predicted molar refractivity (Wildman–Crippen MR) is 79.3 cm³/mol. The number of hydrogen-bond acceptors (Lipinski definition) is 4. The van der Waals surface area contributed by atoms with Crippen molar-refractivity contribution < 1.29 is 4.74 Å². The Bertz CT molecular complexity index is 425. The highest BCUT2D eigenvalue weighted by Crippen LogP contribution is 2.36. The minimum Gasteiger partial charge on any atom is -0.375 e. The molecule has 4 unspecified atom stereocenters. The lowest BCUT2D eigenvalue weighted by Crippen LogP contribution is -2.54. The number of aromatic nitrogens is 1. The van der Waals surface area contributed by atoms with Gasteiger partial charge in [0.15, 0.2) is 0 Å². The molecule has 4 heteroatoms. The van der Waals surface area contributed by atoms with Crippen molar-refractivity contribution in [3.8, 4) is 0 Å². The number of nitrogens with zero attached hydrogens (tertiary/aromatic N) is 2. The summed E-state index contributed by atoms with van der Waals surface area (Å²) in [5.74, 6) is 0. The van der Waals surface area contributed by atoms with Crippen LogP contribution in [0.3, 0.4) is 0 Å². The maximum absolute atomic E-state index is 6.44. The number of morpholine rings is 1. The number of nitrogens with two attached hydrogens (primary N) is 1. The van der Waals surface area contributed by atoms with Crippen molar-refractivity contribution in [3.05, 3.63) is 30.1 Å². The molecule has 3 rings (SSSR count). The van der Waals surface area contributed by atoms with Crippen LogP contribution in [-0.4, -0.2) is 41.2 Å². The van der Waals surface area contributed by atoms with Crippen LogP contribution in [0.2, 0.25) is 0 Å². The van der Waals surface area contributed by atoms with Crippen molar-refractivity contribution in [1.29, 1.82) is 0 Å². The molecule has 0 spiro atoms. The van der Waals surface area contributed by atoms with Crippen molar-refractivity contribution >= 4 is 0 Å². The maximum atomic E-state index is 6.44. The molecule has 2 aliphatic rings. The van der Waals surface area contributed by atoms with Gasteiger partial charge in [-0.15, -0.1) is 0 Å². The van der Waals surface area contributed by atoms with E-state index in [0.29, 0.717) is 12.1 Å². The van der Waals surface area contributed by atoms with Crippen molar-refractivity contribution in [2.75, 3.05) is 13.2 Å². The summed E-state index contributed by atoms with van der Waals surface area (Å²) in [7, 11) is 0. The number of pyridine rings is 1. The van der Waals surface area contributed by atoms with E-state index >= 15 is 0 Å². The van der Waals surface area contributed by atoms with Gasteiger partial charge in [0.1, 0.15) is 0 Å². The summed E-state index contributed by atoms with van der Waals surface area (Å²) < 4.78 is 5.93. The Morgan fingerprint density at radius 1 is 1.45 bits per heavy atom. The van der Waals surface area contributed by atoms with Gasteiger partial charge in [-0.2, -0.15) is 0 Å². The van der Waals surface area contributed by atoms with E-state index in [9.17, 15) is 0 Å². The van der Waals surface area contributed by atoms with Crippen LogP contribution >= 0.6 is 0 Å². The Kier molecular flexibility index (Phi) is 4.34. The maximum Gasteiger partial charge on any atom is 0.0731 e. The predicted octanol–water partition coefficient (Wildman–Crippen LogP) is 2.11. The molecule has 0 radical (unpaired) electrons. The molecule has 2 N–H and O–H groups in total. The lowest BCUT2D eigenvalue weighted by atomic mass is 9.97. The van der Waals surface area contributed by atoms with E-state index in [0.717, 1.165) is 25.3 Å². The van der Waals surface area contributed by atoms with E-state index in [1.807, 2.05) is 12.3 Å². The summed E-state index contributed by atoms with van der Waals surface area (Å²) in [5, 5.41) is 0. The van der Waals surface area contributed by atoms with Crippen molar-refractivity contribution in [2.24, 2.45) is 5.73 Å². The fourth-order valence-corrected chi connectivity index (χ4v) is 3.71. The first kappa shape index (κ1) is 14.0. The normalized spacial score (nSPS) is 29.9. The van der Waals surface area contributed by atoms with Gasteiger partial charge in [-0.05, 0) is 37.8 Å². The molecule has 1 aromatic heterocycles. The second kappa shape index (κ2) is 6.20. The lowest BCUT2D eigenvalue weighted by molar-refractivity contribution is -0.0769. The van der Waals surface area contributed by atoms with E-state index in [-0.39, 0.29) is 12.1 Å². The van der Waals surface area contributed by atoms with Crippen molar-refractivity contribution in [3.63, 3.8) is 0 Å². The molecule has 1 aliphatic heterocycles. The third-order valence-electron chi connectivity index (χ3n) is 4.75. The number of hydrogen-bond donors (Lipinski definition) is 1. The van der Waals surface area contributed by atoms with E-state index in [4.69, 9.17) is 10.5 Å². The third-order valence-corrected chi connectivity index (χ3v) is 4.75. The summed E-state index contributed by atoms with van der Waals surface area (Å²) in [6, 6.07) is 7.01. The standard InChI is InChI=1S/C16H25N3O/c1-2-12(17)16(13-6-3-4-9-18-13)19-10-11-20-15-8-5-7-14(15)19/h3-4,6,9,12,14-16H,2,5,7-8,10-11,17H2,1H3. The van der Waals surface area contributed by atoms with Gasteiger partial charge < -0.3 is 10.5 Å². The molecule has 0 aromatic carbocycles. The van der Waals surface area contributed by atoms with Gasteiger partial charge in [-0.3, -0.25) is 9.88 Å². The smallest absolute Gasteiger partial charge is 0.0731 e. The minimum atomic E-state index is 0.129. The van der Waals surface area contributed by atoms with E-state index in [1.54, 1.807) is 0 Å². The first-order valence-electron chi connectivity index (χ1n) is 7.85. The van der Waals surface area contributed by atoms with Gasteiger partial charge in [0, 0.05) is 24.8 Å². The molecule has 2 heterocycles. The average Bonchev–Trinajstić information content (AvgIpc) is 2.98. The van der Waals surface area contributed by atoms with E-state index in [2.05, 4.69) is 28.9 Å². The van der Waals surface area contributed by atoms with Crippen LogP contribution < -0.4 is 5.73 Å². The number of ether oxygens (including phenoxy) is 1. The Morgan fingerprint density at radius 3 is 3.10 bits per heavy atom. The minimum absolute atomic E-state index is 0.129. The topological polar surface area (TPSA) is 51.4 Å². The van der Waals surface area contributed by atoms with Gasteiger partial charge in [0.2, 0.25) is 0 Å². The molecular weight excluding hydrogens is 250 g/mol. The zero-order valence-electron chi connectivity index (χ0n) is 12.2.